The van der Waals surface area contributed by atoms with Crippen molar-refractivity contribution in [3.05, 3.63) is 69.2 Å². The van der Waals surface area contributed by atoms with Crippen LogP contribution in [0, 0.1) is 6.92 Å². The number of barbiturate groups is 1. The number of carbonyl (C=O) groups is 3. The van der Waals surface area contributed by atoms with Crippen LogP contribution < -0.4 is 10.2 Å². The third-order valence-electron chi connectivity index (χ3n) is 3.72. The number of amides is 4. The predicted molar refractivity (Wildman–Crippen MR) is 96.6 cm³/mol. The van der Waals surface area contributed by atoms with Crippen molar-refractivity contribution >= 4 is 52.8 Å². The Morgan fingerprint density at radius 1 is 1.00 bits per heavy atom. The van der Waals surface area contributed by atoms with Gasteiger partial charge >= 0.3 is 6.03 Å². The van der Waals surface area contributed by atoms with Gasteiger partial charge in [-0.15, -0.1) is 0 Å². The van der Waals surface area contributed by atoms with E-state index in [-0.39, 0.29) is 11.3 Å². The van der Waals surface area contributed by atoms with Crippen LogP contribution in [0.5, 0.6) is 0 Å². The Morgan fingerprint density at radius 3 is 2.40 bits per heavy atom. The maximum atomic E-state index is 12.7. The summed E-state index contributed by atoms with van der Waals surface area (Å²) < 4.78 is 0. The van der Waals surface area contributed by atoms with E-state index in [1.54, 1.807) is 43.3 Å². The lowest BCUT2D eigenvalue weighted by atomic mass is 10.1. The fraction of sp³-hybridized carbons (Fsp3) is 0.0556. The molecule has 25 heavy (non-hydrogen) atoms. The van der Waals surface area contributed by atoms with Gasteiger partial charge in [0, 0.05) is 10.0 Å². The number of nitrogens with one attached hydrogen (secondary N) is 1. The number of carbonyl (C=O) groups excluding carboxylic acids is 3. The van der Waals surface area contributed by atoms with Gasteiger partial charge < -0.3 is 0 Å². The van der Waals surface area contributed by atoms with Crippen LogP contribution >= 0.6 is 23.2 Å². The number of hydrogen-bond donors (Lipinski definition) is 1. The zero-order valence-corrected chi connectivity index (χ0v) is 14.6. The van der Waals surface area contributed by atoms with Crippen molar-refractivity contribution in [2.75, 3.05) is 4.90 Å². The summed E-state index contributed by atoms with van der Waals surface area (Å²) in [6, 6.07) is 10.7. The van der Waals surface area contributed by atoms with Crippen molar-refractivity contribution in [2.45, 2.75) is 6.92 Å². The van der Waals surface area contributed by atoms with Crippen LogP contribution in [-0.4, -0.2) is 17.8 Å². The molecule has 2 aromatic rings. The van der Waals surface area contributed by atoms with E-state index in [4.69, 9.17) is 23.2 Å². The molecular weight excluding hydrogens is 363 g/mol. The molecule has 0 saturated carbocycles. The molecular formula is C18H12Cl2N2O3. The van der Waals surface area contributed by atoms with E-state index < -0.39 is 17.8 Å². The van der Waals surface area contributed by atoms with Crippen molar-refractivity contribution in [1.29, 1.82) is 0 Å². The summed E-state index contributed by atoms with van der Waals surface area (Å²) >= 11 is 12.1. The van der Waals surface area contributed by atoms with Crippen LogP contribution in [0.2, 0.25) is 10.0 Å². The van der Waals surface area contributed by atoms with Gasteiger partial charge in [0.2, 0.25) is 0 Å². The molecule has 5 nitrogen and oxygen atoms in total. The SMILES string of the molecule is Cc1ccc(N2C(=O)NC(=O)/C(=C/c3ccccc3Cl)C2=O)cc1Cl. The largest absolute Gasteiger partial charge is 0.335 e. The number of benzene rings is 2. The number of imide groups is 2. The minimum Gasteiger partial charge on any atom is -0.273 e. The number of anilines is 1. The van der Waals surface area contributed by atoms with Crippen LogP contribution in [-0.2, 0) is 9.59 Å². The minimum atomic E-state index is -0.828. The van der Waals surface area contributed by atoms with Crippen molar-refractivity contribution in [2.24, 2.45) is 0 Å². The lowest BCUT2D eigenvalue weighted by Gasteiger charge is -2.26. The van der Waals surface area contributed by atoms with Crippen molar-refractivity contribution < 1.29 is 14.4 Å². The van der Waals surface area contributed by atoms with Gasteiger partial charge in [0.15, 0.2) is 0 Å². The molecule has 1 aliphatic heterocycles. The van der Waals surface area contributed by atoms with E-state index in [9.17, 15) is 14.4 Å². The second-order valence-corrected chi connectivity index (χ2v) is 6.23. The summed E-state index contributed by atoms with van der Waals surface area (Å²) in [4.78, 5) is 37.9. The monoisotopic (exact) mass is 374 g/mol. The van der Waals surface area contributed by atoms with Gasteiger partial charge in [-0.05, 0) is 42.3 Å². The average molecular weight is 375 g/mol. The molecule has 0 atom stereocenters. The number of aryl methyl sites for hydroxylation is 1. The van der Waals surface area contributed by atoms with E-state index >= 15 is 0 Å². The first-order valence-electron chi connectivity index (χ1n) is 7.30. The molecule has 2 aromatic carbocycles. The summed E-state index contributed by atoms with van der Waals surface area (Å²) in [7, 11) is 0. The van der Waals surface area contributed by atoms with Gasteiger partial charge in [0.25, 0.3) is 11.8 Å². The number of halogens is 2. The summed E-state index contributed by atoms with van der Waals surface area (Å²) in [6.07, 6.45) is 1.36. The first-order chi connectivity index (χ1) is 11.9. The standard InChI is InChI=1S/C18H12Cl2N2O3/c1-10-6-7-12(9-15(10)20)22-17(24)13(16(23)21-18(22)25)8-11-4-2-3-5-14(11)19/h2-9H,1H3,(H,21,23,25)/b13-8-. The van der Waals surface area contributed by atoms with Crippen LogP contribution in [0.25, 0.3) is 6.08 Å². The van der Waals surface area contributed by atoms with Crippen LogP contribution in [0.3, 0.4) is 0 Å². The fourth-order valence-electron chi connectivity index (χ4n) is 2.36. The zero-order chi connectivity index (χ0) is 18.1. The highest BCUT2D eigenvalue weighted by Crippen LogP contribution is 2.27. The molecule has 1 saturated heterocycles. The zero-order valence-electron chi connectivity index (χ0n) is 13.0. The molecule has 4 amide bonds. The van der Waals surface area contributed by atoms with E-state index in [0.29, 0.717) is 15.6 Å². The summed E-state index contributed by atoms with van der Waals surface area (Å²) in [6.45, 7) is 1.80. The second kappa shape index (κ2) is 6.70. The topological polar surface area (TPSA) is 66.5 Å². The lowest BCUT2D eigenvalue weighted by molar-refractivity contribution is -0.122. The Kier molecular flexibility index (Phi) is 4.61. The van der Waals surface area contributed by atoms with Crippen molar-refractivity contribution in [1.82, 2.24) is 5.32 Å². The minimum absolute atomic E-state index is 0.190. The van der Waals surface area contributed by atoms with Gasteiger partial charge in [-0.3, -0.25) is 14.9 Å². The molecule has 0 radical (unpaired) electrons. The summed E-state index contributed by atoms with van der Waals surface area (Å²) in [5.74, 6) is -1.52. The smallest absolute Gasteiger partial charge is 0.273 e. The second-order valence-electron chi connectivity index (χ2n) is 5.41. The molecule has 0 bridgehead atoms. The molecule has 1 heterocycles. The molecule has 1 aliphatic rings. The fourth-order valence-corrected chi connectivity index (χ4v) is 2.73. The molecule has 0 unspecified atom stereocenters. The van der Waals surface area contributed by atoms with Crippen LogP contribution in [0.4, 0.5) is 10.5 Å². The van der Waals surface area contributed by atoms with Gasteiger partial charge in [0.1, 0.15) is 5.57 Å². The summed E-state index contributed by atoms with van der Waals surface area (Å²) in [5.41, 5.74) is 1.39. The third-order valence-corrected chi connectivity index (χ3v) is 4.47. The van der Waals surface area contributed by atoms with Gasteiger partial charge in [-0.25, -0.2) is 9.69 Å². The number of rotatable bonds is 2. The van der Waals surface area contributed by atoms with Gasteiger partial charge in [-0.1, -0.05) is 47.5 Å². The van der Waals surface area contributed by atoms with Crippen molar-refractivity contribution in [3.8, 4) is 0 Å². The number of nitrogens with zero attached hydrogens (tertiary/aromatic N) is 1. The highest BCUT2D eigenvalue weighted by molar-refractivity contribution is 6.40. The van der Waals surface area contributed by atoms with Gasteiger partial charge in [-0.2, -0.15) is 0 Å². The lowest BCUT2D eigenvalue weighted by Crippen LogP contribution is -2.54. The molecule has 1 N–H and O–H groups in total. The molecule has 0 spiro atoms. The van der Waals surface area contributed by atoms with Crippen LogP contribution in [0.15, 0.2) is 48.0 Å². The summed E-state index contributed by atoms with van der Waals surface area (Å²) in [5, 5.41) is 2.95. The molecule has 3 rings (SSSR count). The Labute approximate surface area is 153 Å². The number of urea groups is 1. The average Bonchev–Trinajstić information content (AvgIpc) is 2.56. The number of hydrogen-bond acceptors (Lipinski definition) is 3. The molecule has 7 heteroatoms. The molecule has 126 valence electrons. The molecule has 0 aromatic heterocycles. The quantitative estimate of drug-likeness (QED) is 0.638. The molecule has 1 fully saturated rings. The first kappa shape index (κ1) is 17.2. The maximum Gasteiger partial charge on any atom is 0.335 e. The van der Waals surface area contributed by atoms with E-state index in [2.05, 4.69) is 5.32 Å². The Morgan fingerprint density at radius 2 is 1.72 bits per heavy atom. The highest BCUT2D eigenvalue weighted by Gasteiger charge is 2.37. The van der Waals surface area contributed by atoms with E-state index in [1.807, 2.05) is 0 Å². The first-order valence-corrected chi connectivity index (χ1v) is 8.06. The maximum absolute atomic E-state index is 12.7. The highest BCUT2D eigenvalue weighted by atomic mass is 35.5. The third kappa shape index (κ3) is 3.29. The molecule has 0 aliphatic carbocycles. The van der Waals surface area contributed by atoms with Crippen LogP contribution in [0.1, 0.15) is 11.1 Å². The Balaban J connectivity index is 2.05. The van der Waals surface area contributed by atoms with Gasteiger partial charge in [0.05, 0.1) is 5.69 Å². The van der Waals surface area contributed by atoms with E-state index in [0.717, 1.165) is 10.5 Å². The Hall–Kier alpha value is -2.63. The normalized spacial score (nSPS) is 16.4. The van der Waals surface area contributed by atoms with Crippen molar-refractivity contribution in [3.63, 3.8) is 0 Å². The van der Waals surface area contributed by atoms with E-state index in [1.165, 1.54) is 12.1 Å². The predicted octanol–water partition coefficient (Wildman–Crippen LogP) is 3.97. The Bertz CT molecular complexity index is 938.